The molecule has 1 heterocycles. The number of guanidine groups is 1. The topological polar surface area (TPSA) is 67.7 Å². The number of rotatable bonds is 4. The summed E-state index contributed by atoms with van der Waals surface area (Å²) in [5.41, 5.74) is 8.74. The molecule has 5 nitrogen and oxygen atoms in total. The summed E-state index contributed by atoms with van der Waals surface area (Å²) >= 11 is 0. The molecule has 0 unspecified atom stereocenters. The first-order valence-electron chi connectivity index (χ1n) is 7.98. The molecule has 0 bridgehead atoms. The van der Waals surface area contributed by atoms with Gasteiger partial charge in [-0.1, -0.05) is 54.2 Å². The lowest BCUT2D eigenvalue weighted by Crippen LogP contribution is -2.29. The van der Waals surface area contributed by atoms with Crippen molar-refractivity contribution in [1.82, 2.24) is 10.1 Å². The molecule has 3 aromatic rings. The zero-order valence-corrected chi connectivity index (χ0v) is 14.6. The van der Waals surface area contributed by atoms with E-state index in [0.717, 1.165) is 5.56 Å². The van der Waals surface area contributed by atoms with E-state index in [1.54, 1.807) is 37.2 Å². The molecule has 2 N–H and O–H groups in total. The molecule has 132 valence electrons. The molecule has 2 aromatic carbocycles. The van der Waals surface area contributed by atoms with Gasteiger partial charge >= 0.3 is 0 Å². The molecule has 6 heteroatoms. The predicted octanol–water partition coefficient (Wildman–Crippen LogP) is 4.05. The molecule has 0 amide bonds. The third kappa shape index (κ3) is 3.64. The average molecular weight is 350 g/mol. The second-order valence-corrected chi connectivity index (χ2v) is 5.95. The van der Waals surface area contributed by atoms with Crippen molar-refractivity contribution in [2.75, 3.05) is 14.1 Å². The number of hydrogen-bond donors (Lipinski definition) is 1. The minimum Gasteiger partial charge on any atom is -0.369 e. The van der Waals surface area contributed by atoms with E-state index in [4.69, 9.17) is 10.3 Å². The van der Waals surface area contributed by atoms with Crippen LogP contribution >= 0.6 is 0 Å². The number of hydrogen-bond acceptors (Lipinski definition) is 3. The highest BCUT2D eigenvalue weighted by Crippen LogP contribution is 2.29. The Hall–Kier alpha value is -3.41. The van der Waals surface area contributed by atoms with E-state index in [1.165, 1.54) is 6.07 Å². The largest absolute Gasteiger partial charge is 0.369 e. The molecule has 0 aliphatic rings. The molecular weight excluding hydrogens is 331 g/mol. The zero-order chi connectivity index (χ0) is 18.7. The first-order chi connectivity index (χ1) is 12.5. The Labute approximate surface area is 151 Å². The fraction of sp³-hybridized carbons (Fsp3) is 0.100. The van der Waals surface area contributed by atoms with Gasteiger partial charge in [0.25, 0.3) is 5.88 Å². The quantitative estimate of drug-likeness (QED) is 0.569. The Morgan fingerprint density at radius 2 is 1.88 bits per heavy atom. The van der Waals surface area contributed by atoms with Crippen molar-refractivity contribution >= 4 is 17.4 Å². The molecule has 0 fully saturated rings. The summed E-state index contributed by atoms with van der Waals surface area (Å²) in [5, 5.41) is 3.94. The molecule has 0 atom stereocenters. The normalized spacial score (nSPS) is 11.4. The van der Waals surface area contributed by atoms with Crippen LogP contribution in [0, 0.1) is 5.82 Å². The lowest BCUT2D eigenvalue weighted by molar-refractivity contribution is 0.427. The van der Waals surface area contributed by atoms with Crippen LogP contribution in [0.25, 0.3) is 16.7 Å². The fourth-order valence-corrected chi connectivity index (χ4v) is 2.38. The average Bonchev–Trinajstić information content (AvgIpc) is 3.10. The first-order valence-corrected chi connectivity index (χ1v) is 7.98. The standard InChI is InChI=1S/C20H19FN4O/c1-13(18-12-19(26-24-18)23-20(22)25(2)3)15-9-10-16(17(21)11-15)14-7-5-4-6-8-14/h4-12H,1H2,2-3H3,(H2,22,23). The van der Waals surface area contributed by atoms with Gasteiger partial charge in [0.15, 0.2) is 5.96 Å². The Bertz CT molecular complexity index is 961. The van der Waals surface area contributed by atoms with Crippen LogP contribution in [0.15, 0.2) is 70.7 Å². The minimum atomic E-state index is -0.326. The molecule has 0 saturated heterocycles. The number of aromatic nitrogens is 1. The number of aliphatic imine (C=N–C) groups is 1. The summed E-state index contributed by atoms with van der Waals surface area (Å²) in [6, 6.07) is 16.0. The molecule has 1 aromatic heterocycles. The van der Waals surface area contributed by atoms with Gasteiger partial charge in [-0.15, -0.1) is 0 Å². The molecule has 0 aliphatic heterocycles. The Kier molecular flexibility index (Phi) is 4.84. The number of nitrogens with zero attached hydrogens (tertiary/aromatic N) is 3. The molecular formula is C20H19FN4O. The summed E-state index contributed by atoms with van der Waals surface area (Å²) < 4.78 is 19.7. The third-order valence-corrected chi connectivity index (χ3v) is 3.89. The highest BCUT2D eigenvalue weighted by atomic mass is 19.1. The lowest BCUT2D eigenvalue weighted by Gasteiger charge is -2.08. The summed E-state index contributed by atoms with van der Waals surface area (Å²) in [4.78, 5) is 5.75. The van der Waals surface area contributed by atoms with Crippen LogP contribution in [-0.4, -0.2) is 30.1 Å². The highest BCUT2D eigenvalue weighted by Gasteiger charge is 2.13. The van der Waals surface area contributed by atoms with Gasteiger partial charge in [-0.3, -0.25) is 0 Å². The van der Waals surface area contributed by atoms with Crippen LogP contribution in [0.1, 0.15) is 11.3 Å². The third-order valence-electron chi connectivity index (χ3n) is 3.89. The predicted molar refractivity (Wildman–Crippen MR) is 101 cm³/mol. The van der Waals surface area contributed by atoms with Crippen LogP contribution < -0.4 is 5.73 Å². The SMILES string of the molecule is C=C(c1ccc(-c2ccccc2)c(F)c1)c1cc(/N=C(\N)N(C)C)on1. The van der Waals surface area contributed by atoms with Gasteiger partial charge < -0.3 is 15.2 Å². The maximum Gasteiger partial charge on any atom is 0.254 e. The second-order valence-electron chi connectivity index (χ2n) is 5.95. The van der Waals surface area contributed by atoms with Crippen molar-refractivity contribution in [2.24, 2.45) is 10.7 Å². The molecule has 3 rings (SSSR count). The Balaban J connectivity index is 1.86. The van der Waals surface area contributed by atoms with Gasteiger partial charge in [0.1, 0.15) is 11.5 Å². The monoisotopic (exact) mass is 350 g/mol. The number of nitrogens with two attached hydrogens (primary N) is 1. The van der Waals surface area contributed by atoms with E-state index in [1.807, 2.05) is 30.3 Å². The molecule has 0 radical (unpaired) electrons. The van der Waals surface area contributed by atoms with E-state index in [0.29, 0.717) is 22.4 Å². The van der Waals surface area contributed by atoms with Crippen LogP contribution in [0.2, 0.25) is 0 Å². The highest BCUT2D eigenvalue weighted by molar-refractivity contribution is 5.81. The van der Waals surface area contributed by atoms with Gasteiger partial charge in [-0.05, 0) is 17.2 Å². The zero-order valence-electron chi connectivity index (χ0n) is 14.6. The van der Waals surface area contributed by atoms with Gasteiger partial charge in [-0.25, -0.2) is 4.39 Å². The van der Waals surface area contributed by atoms with E-state index in [9.17, 15) is 4.39 Å². The van der Waals surface area contributed by atoms with Crippen molar-refractivity contribution in [3.05, 3.63) is 78.3 Å². The van der Waals surface area contributed by atoms with E-state index < -0.39 is 0 Å². The number of benzene rings is 2. The van der Waals surface area contributed by atoms with E-state index in [2.05, 4.69) is 16.7 Å². The van der Waals surface area contributed by atoms with Crippen molar-refractivity contribution < 1.29 is 8.91 Å². The molecule has 26 heavy (non-hydrogen) atoms. The first kappa shape index (κ1) is 17.4. The van der Waals surface area contributed by atoms with Gasteiger partial charge in [0, 0.05) is 31.3 Å². The Morgan fingerprint density at radius 1 is 1.15 bits per heavy atom. The van der Waals surface area contributed by atoms with Gasteiger partial charge in [-0.2, -0.15) is 4.99 Å². The smallest absolute Gasteiger partial charge is 0.254 e. The molecule has 0 saturated carbocycles. The van der Waals surface area contributed by atoms with Crippen molar-refractivity contribution in [1.29, 1.82) is 0 Å². The van der Waals surface area contributed by atoms with Gasteiger partial charge in [0.2, 0.25) is 0 Å². The van der Waals surface area contributed by atoms with Crippen LogP contribution in [0.4, 0.5) is 10.3 Å². The van der Waals surface area contributed by atoms with Gasteiger partial charge in [0.05, 0.1) is 0 Å². The minimum absolute atomic E-state index is 0.258. The molecule has 0 spiro atoms. The Morgan fingerprint density at radius 3 is 2.54 bits per heavy atom. The lowest BCUT2D eigenvalue weighted by atomic mass is 9.99. The summed E-state index contributed by atoms with van der Waals surface area (Å²) in [5.74, 6) is 0.221. The van der Waals surface area contributed by atoms with Crippen molar-refractivity contribution in [3.8, 4) is 11.1 Å². The van der Waals surface area contributed by atoms with Crippen LogP contribution in [0.5, 0.6) is 0 Å². The van der Waals surface area contributed by atoms with E-state index >= 15 is 0 Å². The summed E-state index contributed by atoms with van der Waals surface area (Å²) in [7, 11) is 3.54. The number of halogens is 1. The summed E-state index contributed by atoms with van der Waals surface area (Å²) in [6.45, 7) is 3.99. The maximum atomic E-state index is 14.5. The van der Waals surface area contributed by atoms with Crippen LogP contribution in [0.3, 0.4) is 0 Å². The fourth-order valence-electron chi connectivity index (χ4n) is 2.38. The van der Waals surface area contributed by atoms with E-state index in [-0.39, 0.29) is 17.7 Å². The molecule has 0 aliphatic carbocycles. The van der Waals surface area contributed by atoms with Crippen LogP contribution in [-0.2, 0) is 0 Å². The van der Waals surface area contributed by atoms with Crippen molar-refractivity contribution in [3.63, 3.8) is 0 Å². The second kappa shape index (κ2) is 7.23. The summed E-state index contributed by atoms with van der Waals surface area (Å²) in [6.07, 6.45) is 0. The maximum absolute atomic E-state index is 14.5. The van der Waals surface area contributed by atoms with Crippen molar-refractivity contribution in [2.45, 2.75) is 0 Å².